The Kier molecular flexibility index (Phi) is 11.8. The third-order valence-electron chi connectivity index (χ3n) is 6.18. The molecule has 0 aliphatic carbocycles. The van der Waals surface area contributed by atoms with Gasteiger partial charge in [-0.2, -0.15) is 0 Å². The van der Waals surface area contributed by atoms with E-state index in [0.29, 0.717) is 18.2 Å². The van der Waals surface area contributed by atoms with Crippen molar-refractivity contribution in [2.24, 2.45) is 4.99 Å². The summed E-state index contributed by atoms with van der Waals surface area (Å²) in [4.78, 5) is 20.9. The summed E-state index contributed by atoms with van der Waals surface area (Å²) in [6, 6.07) is 17.3. The standard InChI is InChI=1S/C27H39N5O.HI/c1-5-28-27(30-19-23-13-15-25(16-14-23)26(33)31(3)4)29-18-22-9-11-24(12-10-22)20-32-17-7-6-8-21(32)2;/h9-16,21H,5-8,17-20H2,1-4H3,(H2,28,29,30);1H. The zero-order valence-corrected chi connectivity index (χ0v) is 23.3. The number of hydrogen-bond acceptors (Lipinski definition) is 3. The first-order chi connectivity index (χ1) is 16.0. The molecule has 0 radical (unpaired) electrons. The third kappa shape index (κ3) is 8.58. The molecule has 6 nitrogen and oxygen atoms in total. The van der Waals surface area contributed by atoms with E-state index in [0.717, 1.165) is 31.2 Å². The lowest BCUT2D eigenvalue weighted by Crippen LogP contribution is -2.37. The summed E-state index contributed by atoms with van der Waals surface area (Å²) in [5.74, 6) is 0.800. The maximum Gasteiger partial charge on any atom is 0.253 e. The van der Waals surface area contributed by atoms with Gasteiger partial charge in [0.15, 0.2) is 5.96 Å². The average molecular weight is 578 g/mol. The number of benzene rings is 2. The van der Waals surface area contributed by atoms with Gasteiger partial charge in [-0.1, -0.05) is 42.8 Å². The van der Waals surface area contributed by atoms with Crippen LogP contribution in [0.15, 0.2) is 53.5 Å². The van der Waals surface area contributed by atoms with Crippen molar-refractivity contribution < 1.29 is 4.79 Å². The second-order valence-corrected chi connectivity index (χ2v) is 9.08. The Bertz CT molecular complexity index is 912. The van der Waals surface area contributed by atoms with E-state index in [1.807, 2.05) is 24.3 Å². The summed E-state index contributed by atoms with van der Waals surface area (Å²) >= 11 is 0. The predicted molar refractivity (Wildman–Crippen MR) is 152 cm³/mol. The molecule has 0 saturated carbocycles. The van der Waals surface area contributed by atoms with E-state index in [1.165, 1.54) is 36.9 Å². The molecule has 34 heavy (non-hydrogen) atoms. The maximum absolute atomic E-state index is 12.0. The molecule has 1 fully saturated rings. The van der Waals surface area contributed by atoms with Crippen LogP contribution in [0.3, 0.4) is 0 Å². The smallest absolute Gasteiger partial charge is 0.253 e. The first kappa shape index (κ1) is 28.1. The lowest BCUT2D eigenvalue weighted by molar-refractivity contribution is 0.0827. The second kappa shape index (κ2) is 14.3. The fourth-order valence-corrected chi connectivity index (χ4v) is 4.10. The number of piperidine rings is 1. The Morgan fingerprint density at radius 1 is 1.00 bits per heavy atom. The van der Waals surface area contributed by atoms with E-state index in [4.69, 9.17) is 4.99 Å². The molecule has 0 bridgehead atoms. The van der Waals surface area contributed by atoms with Crippen molar-refractivity contribution in [3.8, 4) is 0 Å². The van der Waals surface area contributed by atoms with Crippen molar-refractivity contribution in [3.63, 3.8) is 0 Å². The molecule has 2 N–H and O–H groups in total. The number of nitrogens with one attached hydrogen (secondary N) is 2. The summed E-state index contributed by atoms with van der Waals surface area (Å²) in [7, 11) is 3.52. The molecule has 186 valence electrons. The van der Waals surface area contributed by atoms with Crippen molar-refractivity contribution in [1.29, 1.82) is 0 Å². The molecule has 0 aromatic heterocycles. The highest BCUT2D eigenvalue weighted by Crippen LogP contribution is 2.19. The minimum atomic E-state index is 0. The molecule has 2 aromatic rings. The Morgan fingerprint density at radius 3 is 2.26 bits per heavy atom. The van der Waals surface area contributed by atoms with Crippen molar-refractivity contribution in [3.05, 3.63) is 70.8 Å². The molecular weight excluding hydrogens is 537 g/mol. The minimum Gasteiger partial charge on any atom is -0.357 e. The van der Waals surface area contributed by atoms with Crippen LogP contribution >= 0.6 is 24.0 Å². The molecule has 1 unspecified atom stereocenters. The highest BCUT2D eigenvalue weighted by Gasteiger charge is 2.17. The van der Waals surface area contributed by atoms with Gasteiger partial charge in [-0.05, 0) is 62.1 Å². The highest BCUT2D eigenvalue weighted by atomic mass is 127. The molecule has 1 amide bonds. The van der Waals surface area contributed by atoms with Crippen molar-refractivity contribution >= 4 is 35.8 Å². The number of rotatable bonds is 8. The fraction of sp³-hybridized carbons (Fsp3) is 0.481. The zero-order valence-electron chi connectivity index (χ0n) is 21.0. The van der Waals surface area contributed by atoms with Crippen molar-refractivity contribution in [1.82, 2.24) is 20.4 Å². The monoisotopic (exact) mass is 577 g/mol. The normalized spacial score (nSPS) is 16.5. The molecule has 1 heterocycles. The van der Waals surface area contributed by atoms with Crippen LogP contribution in [0.5, 0.6) is 0 Å². The van der Waals surface area contributed by atoms with E-state index < -0.39 is 0 Å². The molecule has 1 atom stereocenters. The second-order valence-electron chi connectivity index (χ2n) is 9.08. The Hall–Kier alpha value is -2.13. The number of amides is 1. The largest absolute Gasteiger partial charge is 0.357 e. The number of halogens is 1. The van der Waals surface area contributed by atoms with Gasteiger partial charge in [-0.15, -0.1) is 24.0 Å². The van der Waals surface area contributed by atoms with Crippen LogP contribution in [-0.4, -0.2) is 54.9 Å². The molecule has 0 spiro atoms. The molecule has 3 rings (SSSR count). The van der Waals surface area contributed by atoms with Gasteiger partial charge in [0.25, 0.3) is 5.91 Å². The van der Waals surface area contributed by atoms with E-state index in [-0.39, 0.29) is 29.9 Å². The first-order valence-electron chi connectivity index (χ1n) is 12.1. The minimum absolute atomic E-state index is 0. The number of aliphatic imine (C=N–C) groups is 1. The predicted octanol–water partition coefficient (Wildman–Crippen LogP) is 4.64. The molecule has 1 saturated heterocycles. The fourth-order valence-electron chi connectivity index (χ4n) is 4.10. The number of carbonyl (C=O) groups excluding carboxylic acids is 1. The van der Waals surface area contributed by atoms with E-state index >= 15 is 0 Å². The Morgan fingerprint density at radius 2 is 1.65 bits per heavy atom. The van der Waals surface area contributed by atoms with Crippen LogP contribution in [-0.2, 0) is 19.6 Å². The number of nitrogens with zero attached hydrogens (tertiary/aromatic N) is 3. The van der Waals surface area contributed by atoms with Crippen molar-refractivity contribution in [2.75, 3.05) is 27.2 Å². The van der Waals surface area contributed by atoms with Crippen LogP contribution in [0.1, 0.15) is 60.2 Å². The van der Waals surface area contributed by atoms with Crippen molar-refractivity contribution in [2.45, 2.75) is 58.8 Å². The number of hydrogen-bond donors (Lipinski definition) is 2. The number of guanidine groups is 1. The molecular formula is C27H40IN5O. The van der Waals surface area contributed by atoms with E-state index in [9.17, 15) is 4.79 Å². The maximum atomic E-state index is 12.0. The molecule has 1 aliphatic rings. The molecule has 7 heteroatoms. The lowest BCUT2D eigenvalue weighted by atomic mass is 10.0. The van der Waals surface area contributed by atoms with Gasteiger partial charge < -0.3 is 15.5 Å². The van der Waals surface area contributed by atoms with Gasteiger partial charge in [-0.3, -0.25) is 9.69 Å². The van der Waals surface area contributed by atoms with Gasteiger partial charge in [0.2, 0.25) is 0 Å². The van der Waals surface area contributed by atoms with Gasteiger partial charge in [0.1, 0.15) is 0 Å². The van der Waals surface area contributed by atoms with Crippen LogP contribution in [0.2, 0.25) is 0 Å². The van der Waals surface area contributed by atoms with Crippen LogP contribution < -0.4 is 10.6 Å². The van der Waals surface area contributed by atoms with E-state index in [2.05, 4.69) is 53.6 Å². The number of carbonyl (C=O) groups is 1. The molecule has 1 aliphatic heterocycles. The average Bonchev–Trinajstić information content (AvgIpc) is 2.83. The summed E-state index contributed by atoms with van der Waals surface area (Å²) in [6.07, 6.45) is 3.99. The van der Waals surface area contributed by atoms with Gasteiger partial charge in [0.05, 0.1) is 6.54 Å². The Balaban J connectivity index is 0.00000408. The summed E-state index contributed by atoms with van der Waals surface area (Å²) in [6.45, 7) is 8.74. The zero-order chi connectivity index (χ0) is 23.6. The van der Waals surface area contributed by atoms with E-state index in [1.54, 1.807) is 19.0 Å². The van der Waals surface area contributed by atoms with Gasteiger partial charge >= 0.3 is 0 Å². The first-order valence-corrected chi connectivity index (χ1v) is 12.1. The Labute approximate surface area is 222 Å². The topological polar surface area (TPSA) is 60.0 Å². The quantitative estimate of drug-likeness (QED) is 0.273. The number of likely N-dealkylation sites (tertiary alicyclic amines) is 1. The van der Waals surface area contributed by atoms with Crippen LogP contribution in [0.4, 0.5) is 0 Å². The third-order valence-corrected chi connectivity index (χ3v) is 6.18. The summed E-state index contributed by atoms with van der Waals surface area (Å²) in [5, 5.41) is 6.74. The van der Waals surface area contributed by atoms with Gasteiger partial charge in [-0.25, -0.2) is 4.99 Å². The lowest BCUT2D eigenvalue weighted by Gasteiger charge is -2.33. The molecule has 2 aromatic carbocycles. The SMILES string of the molecule is CCNC(=NCc1ccc(C(=O)N(C)C)cc1)NCc1ccc(CN2CCCCC2C)cc1.I. The van der Waals surface area contributed by atoms with Crippen LogP contribution in [0.25, 0.3) is 0 Å². The summed E-state index contributed by atoms with van der Waals surface area (Å²) in [5.41, 5.74) is 4.38. The van der Waals surface area contributed by atoms with Crippen LogP contribution in [0, 0.1) is 0 Å². The summed E-state index contributed by atoms with van der Waals surface area (Å²) < 4.78 is 0. The highest BCUT2D eigenvalue weighted by molar-refractivity contribution is 14.0. The van der Waals surface area contributed by atoms with Gasteiger partial charge in [0, 0.05) is 45.3 Å².